The maximum atomic E-state index is 11.5. The van der Waals surface area contributed by atoms with E-state index in [0.29, 0.717) is 17.3 Å². The van der Waals surface area contributed by atoms with Crippen molar-refractivity contribution >= 4 is 23.4 Å². The molecule has 1 amide bonds. The van der Waals surface area contributed by atoms with Crippen LogP contribution in [-0.2, 0) is 9.57 Å². The van der Waals surface area contributed by atoms with Crippen molar-refractivity contribution in [3.63, 3.8) is 0 Å². The van der Waals surface area contributed by atoms with Crippen LogP contribution in [0.3, 0.4) is 0 Å². The Balaban J connectivity index is 1.82. The zero-order valence-corrected chi connectivity index (χ0v) is 16.1. The Morgan fingerprint density at radius 2 is 2.15 bits per heavy atom. The number of oxime groups is 1. The number of ether oxygens (including phenoxy) is 1. The average molecular weight is 379 g/mol. The maximum absolute atomic E-state index is 11.5. The summed E-state index contributed by atoms with van der Waals surface area (Å²) in [6.45, 7) is 7.77. The van der Waals surface area contributed by atoms with E-state index in [1.165, 1.54) is 0 Å². The molecular formula is C18H23ClN4O3. The molecule has 0 fully saturated rings. The molecule has 0 aliphatic rings. The summed E-state index contributed by atoms with van der Waals surface area (Å²) in [5, 5.41) is 11.6. The molecule has 1 aromatic carbocycles. The Kier molecular flexibility index (Phi) is 6.63. The highest BCUT2D eigenvalue weighted by Crippen LogP contribution is 2.15. The average Bonchev–Trinajstić information content (AvgIpc) is 3.02. The molecule has 0 radical (unpaired) electrons. The van der Waals surface area contributed by atoms with Gasteiger partial charge in [-0.05, 0) is 45.9 Å². The van der Waals surface area contributed by atoms with E-state index >= 15 is 0 Å². The summed E-state index contributed by atoms with van der Waals surface area (Å²) in [6.07, 6.45) is 3.05. The van der Waals surface area contributed by atoms with Crippen LogP contribution in [0.2, 0.25) is 5.02 Å². The molecule has 0 spiro atoms. The highest BCUT2D eigenvalue weighted by molar-refractivity contribution is 6.30. The van der Waals surface area contributed by atoms with Gasteiger partial charge in [0.25, 0.3) is 0 Å². The van der Waals surface area contributed by atoms with Crippen LogP contribution >= 0.6 is 11.6 Å². The number of amides is 1. The van der Waals surface area contributed by atoms with Crippen molar-refractivity contribution in [3.05, 3.63) is 47.2 Å². The van der Waals surface area contributed by atoms with Crippen molar-refractivity contribution in [3.8, 4) is 5.69 Å². The molecule has 140 valence electrons. The fourth-order valence-electron chi connectivity index (χ4n) is 1.98. The topological polar surface area (TPSA) is 77.7 Å². The van der Waals surface area contributed by atoms with Crippen LogP contribution in [0.1, 0.15) is 33.3 Å². The van der Waals surface area contributed by atoms with Gasteiger partial charge in [-0.3, -0.25) is 0 Å². The molecule has 0 saturated carbocycles. The SMILES string of the molecule is C/C(=N\OCCNC(=O)OC(C)(C)C)c1cnn(-c2cccc(Cl)c2)c1. The Hall–Kier alpha value is -2.54. The van der Waals surface area contributed by atoms with Crippen molar-refractivity contribution in [2.45, 2.75) is 33.3 Å². The quantitative estimate of drug-likeness (QED) is 0.471. The van der Waals surface area contributed by atoms with Gasteiger partial charge in [0.15, 0.2) is 0 Å². The molecule has 2 aromatic rings. The van der Waals surface area contributed by atoms with E-state index in [9.17, 15) is 4.79 Å². The highest BCUT2D eigenvalue weighted by Gasteiger charge is 2.15. The molecule has 1 N–H and O–H groups in total. The van der Waals surface area contributed by atoms with Crippen molar-refractivity contribution in [2.75, 3.05) is 13.2 Å². The summed E-state index contributed by atoms with van der Waals surface area (Å²) < 4.78 is 6.84. The minimum absolute atomic E-state index is 0.235. The van der Waals surface area contributed by atoms with Crippen LogP contribution in [0.25, 0.3) is 5.69 Å². The van der Waals surface area contributed by atoms with E-state index < -0.39 is 11.7 Å². The van der Waals surface area contributed by atoms with Gasteiger partial charge in [-0.15, -0.1) is 0 Å². The first kappa shape index (κ1) is 19.8. The lowest BCUT2D eigenvalue weighted by molar-refractivity contribution is 0.0502. The third-order valence-electron chi connectivity index (χ3n) is 3.14. The molecule has 1 heterocycles. The van der Waals surface area contributed by atoms with Crippen LogP contribution in [0.15, 0.2) is 41.8 Å². The minimum atomic E-state index is -0.525. The normalized spacial score (nSPS) is 12.0. The smallest absolute Gasteiger partial charge is 0.407 e. The molecule has 8 heteroatoms. The molecule has 0 aliphatic heterocycles. The largest absolute Gasteiger partial charge is 0.444 e. The second-order valence-corrected chi connectivity index (χ2v) is 7.03. The third kappa shape index (κ3) is 6.40. The molecule has 2 rings (SSSR count). The van der Waals surface area contributed by atoms with Crippen molar-refractivity contribution in [1.82, 2.24) is 15.1 Å². The molecule has 1 aromatic heterocycles. The number of carbonyl (C=O) groups is 1. The Bertz CT molecular complexity index is 781. The summed E-state index contributed by atoms with van der Waals surface area (Å²) in [5.74, 6) is 0. The third-order valence-corrected chi connectivity index (χ3v) is 3.37. The molecule has 0 atom stereocenters. The standard InChI is InChI=1S/C18H23ClN4O3/c1-13(22-25-9-8-20-17(24)26-18(2,3)4)14-11-21-23(12-14)16-7-5-6-15(19)10-16/h5-7,10-12H,8-9H2,1-4H3,(H,20,24)/b22-13+. The van der Waals surface area contributed by atoms with E-state index in [0.717, 1.165) is 11.3 Å². The van der Waals surface area contributed by atoms with E-state index in [-0.39, 0.29) is 6.61 Å². The van der Waals surface area contributed by atoms with Crippen molar-refractivity contribution in [2.24, 2.45) is 5.16 Å². The summed E-state index contributed by atoms with van der Waals surface area (Å²) in [5.41, 5.74) is 1.84. The van der Waals surface area contributed by atoms with E-state index in [1.807, 2.05) is 31.3 Å². The Morgan fingerprint density at radius 1 is 1.38 bits per heavy atom. The predicted molar refractivity (Wildman–Crippen MR) is 101 cm³/mol. The number of nitrogens with zero attached hydrogens (tertiary/aromatic N) is 3. The summed E-state index contributed by atoms with van der Waals surface area (Å²) in [7, 11) is 0. The Labute approximate surface area is 157 Å². The summed E-state index contributed by atoms with van der Waals surface area (Å²) in [4.78, 5) is 16.7. The van der Waals surface area contributed by atoms with Gasteiger partial charge < -0.3 is 14.9 Å². The number of aromatic nitrogens is 2. The van der Waals surface area contributed by atoms with Gasteiger partial charge >= 0.3 is 6.09 Å². The van der Waals surface area contributed by atoms with E-state index in [1.54, 1.807) is 37.7 Å². The molecular weight excluding hydrogens is 356 g/mol. The first-order chi connectivity index (χ1) is 12.2. The zero-order valence-electron chi connectivity index (χ0n) is 15.3. The molecule has 0 bridgehead atoms. The first-order valence-electron chi connectivity index (χ1n) is 8.19. The Morgan fingerprint density at radius 3 is 2.85 bits per heavy atom. The van der Waals surface area contributed by atoms with Gasteiger partial charge in [-0.25, -0.2) is 9.48 Å². The number of alkyl carbamates (subject to hydrolysis) is 1. The van der Waals surface area contributed by atoms with Gasteiger partial charge in [0, 0.05) is 16.8 Å². The number of hydrogen-bond donors (Lipinski definition) is 1. The summed E-state index contributed by atoms with van der Waals surface area (Å²) >= 11 is 6.00. The second kappa shape index (κ2) is 8.71. The molecule has 0 aliphatic carbocycles. The van der Waals surface area contributed by atoms with Crippen molar-refractivity contribution in [1.29, 1.82) is 0 Å². The minimum Gasteiger partial charge on any atom is -0.444 e. The molecule has 0 unspecified atom stereocenters. The van der Waals surface area contributed by atoms with Gasteiger partial charge in [-0.1, -0.05) is 22.8 Å². The van der Waals surface area contributed by atoms with Crippen LogP contribution in [0, 0.1) is 0 Å². The molecule has 0 saturated heterocycles. The van der Waals surface area contributed by atoms with E-state index in [4.69, 9.17) is 21.2 Å². The number of hydrogen-bond acceptors (Lipinski definition) is 5. The lowest BCUT2D eigenvalue weighted by Crippen LogP contribution is -2.34. The first-order valence-corrected chi connectivity index (χ1v) is 8.57. The highest BCUT2D eigenvalue weighted by atomic mass is 35.5. The molecule has 26 heavy (non-hydrogen) atoms. The number of rotatable bonds is 6. The van der Waals surface area contributed by atoms with Crippen LogP contribution in [-0.4, -0.2) is 40.3 Å². The zero-order chi connectivity index (χ0) is 19.2. The summed E-state index contributed by atoms with van der Waals surface area (Å²) in [6, 6.07) is 7.40. The lowest BCUT2D eigenvalue weighted by atomic mass is 10.2. The maximum Gasteiger partial charge on any atom is 0.407 e. The van der Waals surface area contributed by atoms with Crippen LogP contribution in [0.4, 0.5) is 4.79 Å². The van der Waals surface area contributed by atoms with Crippen molar-refractivity contribution < 1.29 is 14.4 Å². The fraction of sp³-hybridized carbons (Fsp3) is 0.389. The lowest BCUT2D eigenvalue weighted by Gasteiger charge is -2.19. The van der Waals surface area contributed by atoms with Gasteiger partial charge in [0.2, 0.25) is 0 Å². The van der Waals surface area contributed by atoms with Gasteiger partial charge in [0.1, 0.15) is 12.2 Å². The predicted octanol–water partition coefficient (Wildman–Crippen LogP) is 3.79. The van der Waals surface area contributed by atoms with E-state index in [2.05, 4.69) is 15.6 Å². The van der Waals surface area contributed by atoms with Gasteiger partial charge in [-0.2, -0.15) is 5.10 Å². The van der Waals surface area contributed by atoms with Gasteiger partial charge in [0.05, 0.1) is 24.1 Å². The van der Waals surface area contributed by atoms with Crippen LogP contribution in [0.5, 0.6) is 0 Å². The number of benzene rings is 1. The van der Waals surface area contributed by atoms with Crippen LogP contribution < -0.4 is 5.32 Å². The fourth-order valence-corrected chi connectivity index (χ4v) is 2.16. The number of halogens is 1. The number of nitrogens with one attached hydrogen (secondary N) is 1. The monoisotopic (exact) mass is 378 g/mol. The second-order valence-electron chi connectivity index (χ2n) is 6.59. The molecule has 7 nitrogen and oxygen atoms in total. The number of carbonyl (C=O) groups excluding carboxylic acids is 1.